The van der Waals surface area contributed by atoms with Crippen molar-refractivity contribution >= 4 is 67.4 Å². The van der Waals surface area contributed by atoms with Gasteiger partial charge in [-0.05, 0) is 0 Å². The minimum absolute atomic E-state index is 0.0563. The predicted molar refractivity (Wildman–Crippen MR) is 28.0 cm³/mol. The monoisotopic (exact) mass is 390 g/mol. The third-order valence-electron chi connectivity index (χ3n) is 0.354. The molecule has 1 saturated heterocycles. The van der Waals surface area contributed by atoms with Crippen LogP contribution in [0.4, 0.5) is 0 Å². The Morgan fingerprint density at radius 1 is 1.60 bits per heavy atom. The van der Waals surface area contributed by atoms with Crippen molar-refractivity contribution in [2.45, 2.75) is 0 Å². The van der Waals surface area contributed by atoms with Crippen molar-refractivity contribution in [3.63, 3.8) is 0 Å². The minimum atomic E-state index is 0.0563. The molecule has 0 radical (unpaired) electrons. The molecule has 0 amide bonds. The van der Waals surface area contributed by atoms with Crippen LogP contribution in [0.1, 0.15) is 0 Å². The second kappa shape index (κ2) is 3.11. The molecule has 0 atom stereocenters. The Hall–Kier alpha value is 3.00. The van der Waals surface area contributed by atoms with Gasteiger partial charge in [0.05, 0.1) is 0 Å². The molecule has 1 aliphatic rings. The fourth-order valence-corrected chi connectivity index (χ4v) is 60.7. The summed E-state index contributed by atoms with van der Waals surface area (Å²) in [6.45, 7) is 0. The molecule has 0 aliphatic carbocycles. The molecule has 24 valence electrons. The SMILES string of the molecule is [Se]=C1[Se][Ba][Se]1. The molecular weight excluding hydrogens is 386 g/mol. The number of rotatable bonds is 0. The third-order valence-corrected chi connectivity index (χ3v) is 69.5. The zero-order valence-electron chi connectivity index (χ0n) is 2.43. The number of hydrogen-bond donors (Lipinski definition) is 0. The molecule has 4 heteroatoms. The topological polar surface area (TPSA) is 0 Å². The molecule has 0 aromatic heterocycles. The Bertz CT molecular complexity index is 53.9. The molecule has 0 spiro atoms. The first-order valence-corrected chi connectivity index (χ1v) is 25.0. The van der Waals surface area contributed by atoms with E-state index >= 15 is 0 Å². The molecule has 0 nitrogen and oxygen atoms in total. The van der Waals surface area contributed by atoms with Crippen molar-refractivity contribution < 1.29 is 0 Å². The summed E-state index contributed by atoms with van der Waals surface area (Å²) in [7, 11) is 0. The van der Waals surface area contributed by atoms with Crippen LogP contribution in [0.3, 0.4) is 0 Å². The van der Waals surface area contributed by atoms with E-state index in [0.717, 1.165) is 0 Å². The fourth-order valence-electron chi connectivity index (χ4n) is 0.107. The van der Waals surface area contributed by atoms with Gasteiger partial charge < -0.3 is 0 Å². The Balaban J connectivity index is 2.32. The van der Waals surface area contributed by atoms with Crippen LogP contribution < -0.4 is 0 Å². The zero-order chi connectivity index (χ0) is 3.70. The molecule has 0 aromatic rings. The van der Waals surface area contributed by atoms with Crippen molar-refractivity contribution in [2.24, 2.45) is 0 Å². The van der Waals surface area contributed by atoms with Gasteiger partial charge in [0.25, 0.3) is 0 Å². The summed E-state index contributed by atoms with van der Waals surface area (Å²) in [4.78, 5) is 0. The van der Waals surface area contributed by atoms with Gasteiger partial charge in [0.15, 0.2) is 0 Å². The van der Waals surface area contributed by atoms with Gasteiger partial charge in [0, 0.05) is 0 Å². The Labute approximate surface area is 65.0 Å². The average Bonchev–Trinajstić information content (AvgIpc) is 1.30. The summed E-state index contributed by atoms with van der Waals surface area (Å²) < 4.78 is 1.78. The van der Waals surface area contributed by atoms with Crippen LogP contribution in [0.5, 0.6) is 0 Å². The molecule has 1 heterocycles. The standard InChI is InChI=1S/CH2Se3.Ba/c2-1(3)4;/h(H2,2,3,4);/q;+2/p-2. The Morgan fingerprint density at radius 3 is 2.00 bits per heavy atom. The summed E-state index contributed by atoms with van der Waals surface area (Å²) in [5.74, 6) is 0. The van der Waals surface area contributed by atoms with Gasteiger partial charge in [0.2, 0.25) is 0 Å². The quantitative estimate of drug-likeness (QED) is 0.431. The second-order valence-electron chi connectivity index (χ2n) is 0.657. The van der Waals surface area contributed by atoms with E-state index in [-0.39, 0.29) is 37.3 Å². The van der Waals surface area contributed by atoms with Crippen LogP contribution in [0.15, 0.2) is 0 Å². The van der Waals surface area contributed by atoms with Gasteiger partial charge in [-0.25, -0.2) is 0 Å². The normalized spacial score (nSPS) is 18.8. The van der Waals surface area contributed by atoms with E-state index in [0.29, 0.717) is 0 Å². The van der Waals surface area contributed by atoms with Crippen LogP contribution in [0.25, 0.3) is 0 Å². The van der Waals surface area contributed by atoms with Gasteiger partial charge >= 0.3 is 67.4 Å². The maximum atomic E-state index is 3.10. The van der Waals surface area contributed by atoms with Crippen molar-refractivity contribution in [1.82, 2.24) is 0 Å². The van der Waals surface area contributed by atoms with Crippen LogP contribution in [0.2, 0.25) is 0 Å². The number of hydrogen-bond acceptors (Lipinski definition) is 0. The first-order chi connectivity index (χ1) is 2.39. The van der Waals surface area contributed by atoms with Crippen LogP contribution in [-0.2, 0) is 0 Å². The summed E-state index contributed by atoms with van der Waals surface area (Å²) >= 11 is 3.16. The van der Waals surface area contributed by atoms with Crippen LogP contribution in [0, 0.1) is 0 Å². The third kappa shape index (κ3) is 2.16. The van der Waals surface area contributed by atoms with Gasteiger partial charge in [-0.1, -0.05) is 0 Å². The van der Waals surface area contributed by atoms with Gasteiger partial charge in [-0.15, -0.1) is 0 Å². The molecule has 0 N–H and O–H groups in total. The summed E-state index contributed by atoms with van der Waals surface area (Å²) in [5.41, 5.74) is 0. The van der Waals surface area contributed by atoms with Crippen molar-refractivity contribution in [1.29, 1.82) is 0 Å². The molecular formula is CBaSe3. The van der Waals surface area contributed by atoms with Crippen molar-refractivity contribution in [3.8, 4) is 0 Å². The maximum absolute atomic E-state index is 3.10. The second-order valence-corrected chi connectivity index (χ2v) is 40.8. The van der Waals surface area contributed by atoms with Crippen molar-refractivity contribution in [3.05, 3.63) is 0 Å². The van der Waals surface area contributed by atoms with E-state index in [1.807, 2.05) is 0 Å². The molecule has 0 bridgehead atoms. The summed E-state index contributed by atoms with van der Waals surface area (Å²) in [6.07, 6.45) is 2.33. The van der Waals surface area contributed by atoms with E-state index in [9.17, 15) is 0 Å². The molecule has 0 saturated carbocycles. The van der Waals surface area contributed by atoms with Gasteiger partial charge in [0.1, 0.15) is 0 Å². The van der Waals surface area contributed by atoms with E-state index in [4.69, 9.17) is 0 Å². The van der Waals surface area contributed by atoms with Crippen LogP contribution in [-0.4, -0.2) is 67.4 Å². The fraction of sp³-hybridized carbons (Fsp3) is 0. The Kier molecular flexibility index (Phi) is 3.81. The van der Waals surface area contributed by atoms with Gasteiger partial charge in [-0.3, -0.25) is 0 Å². The summed E-state index contributed by atoms with van der Waals surface area (Å²) in [5, 5.41) is 0. The zero-order valence-corrected chi connectivity index (χ0v) is 12.0. The molecule has 0 aromatic carbocycles. The Morgan fingerprint density at radius 2 is 2.00 bits per heavy atom. The van der Waals surface area contributed by atoms with E-state index < -0.39 is 0 Å². The average molecular weight is 386 g/mol. The predicted octanol–water partition coefficient (Wildman–Crippen LogP) is -1.80. The van der Waals surface area contributed by atoms with Crippen molar-refractivity contribution in [2.75, 3.05) is 0 Å². The molecule has 5 heavy (non-hydrogen) atoms. The van der Waals surface area contributed by atoms with E-state index in [2.05, 4.69) is 15.6 Å². The van der Waals surface area contributed by atoms with Crippen LogP contribution >= 0.6 is 0 Å². The first-order valence-electron chi connectivity index (χ1n) is 1.19. The van der Waals surface area contributed by atoms with E-state index in [1.165, 1.54) is 12.4 Å². The van der Waals surface area contributed by atoms with Gasteiger partial charge in [-0.2, -0.15) is 0 Å². The summed E-state index contributed by atoms with van der Waals surface area (Å²) in [6, 6.07) is 0. The molecule has 1 fully saturated rings. The molecule has 1 rings (SSSR count). The van der Waals surface area contributed by atoms with E-state index in [1.54, 1.807) is 2.21 Å². The molecule has 0 unspecified atom stereocenters. The first kappa shape index (κ1) is 6.12. The molecule has 1 aliphatic heterocycles.